The molecule has 0 aromatic heterocycles. The van der Waals surface area contributed by atoms with E-state index in [1.165, 1.54) is 12.1 Å². The summed E-state index contributed by atoms with van der Waals surface area (Å²) in [5.41, 5.74) is 1.68. The van der Waals surface area contributed by atoms with Gasteiger partial charge < -0.3 is 24.0 Å². The maximum absolute atomic E-state index is 13.3. The van der Waals surface area contributed by atoms with Gasteiger partial charge in [0.15, 0.2) is 6.61 Å². The van der Waals surface area contributed by atoms with Crippen LogP contribution in [0.5, 0.6) is 17.2 Å². The van der Waals surface area contributed by atoms with Gasteiger partial charge in [0.1, 0.15) is 17.2 Å². The minimum atomic E-state index is -4.42. The molecule has 41 heavy (non-hydrogen) atoms. The number of benzene rings is 3. The largest absolute Gasteiger partial charge is 0.483 e. The van der Waals surface area contributed by atoms with Gasteiger partial charge in [-0.15, -0.1) is 0 Å². The lowest BCUT2D eigenvalue weighted by Crippen LogP contribution is -2.62. The molecule has 10 heteroatoms. The van der Waals surface area contributed by atoms with Crippen LogP contribution < -0.4 is 9.47 Å². The summed E-state index contributed by atoms with van der Waals surface area (Å²) < 4.78 is 55.8. The summed E-state index contributed by atoms with van der Waals surface area (Å²) in [4.78, 5) is 30.0. The molecule has 2 heterocycles. The van der Waals surface area contributed by atoms with Crippen molar-refractivity contribution in [2.75, 3.05) is 32.8 Å². The zero-order chi connectivity index (χ0) is 29.1. The molecule has 0 N–H and O–H groups in total. The number of ether oxygens (including phenoxy) is 3. The molecule has 2 saturated heterocycles. The molecule has 3 aromatic carbocycles. The van der Waals surface area contributed by atoms with E-state index >= 15 is 0 Å². The van der Waals surface area contributed by atoms with E-state index in [2.05, 4.69) is 0 Å². The van der Waals surface area contributed by atoms with E-state index in [-0.39, 0.29) is 36.3 Å². The fourth-order valence-electron chi connectivity index (χ4n) is 5.15. The van der Waals surface area contributed by atoms with Crippen molar-refractivity contribution in [3.8, 4) is 17.2 Å². The molecule has 3 aromatic rings. The Labute approximate surface area is 236 Å². The Morgan fingerprint density at radius 2 is 1.63 bits per heavy atom. The van der Waals surface area contributed by atoms with Crippen molar-refractivity contribution < 1.29 is 37.0 Å². The van der Waals surface area contributed by atoms with Gasteiger partial charge in [-0.25, -0.2) is 0 Å². The molecule has 0 spiro atoms. The Hall–Kier alpha value is -4.05. The number of aryl methyl sites for hydroxylation is 2. The van der Waals surface area contributed by atoms with Crippen molar-refractivity contribution in [3.63, 3.8) is 0 Å². The predicted octanol–water partition coefficient (Wildman–Crippen LogP) is 5.64. The minimum absolute atomic E-state index is 0.0954. The topological polar surface area (TPSA) is 68.3 Å². The summed E-state index contributed by atoms with van der Waals surface area (Å²) in [6.07, 6.45) is -3.97. The first-order chi connectivity index (χ1) is 19.6. The van der Waals surface area contributed by atoms with E-state index in [4.69, 9.17) is 14.2 Å². The van der Waals surface area contributed by atoms with Crippen LogP contribution in [0.3, 0.4) is 0 Å². The molecular formula is C31H31F3N2O5. The second kappa shape index (κ2) is 11.8. The van der Waals surface area contributed by atoms with Crippen LogP contribution >= 0.6 is 0 Å². The fraction of sp³-hybridized carbons (Fsp3) is 0.355. The Balaban J connectivity index is 1.20. The number of carbonyl (C=O) groups excluding carboxylic acids is 2. The van der Waals surface area contributed by atoms with Crippen LogP contribution in [-0.2, 0) is 15.7 Å². The molecule has 7 nitrogen and oxygen atoms in total. The van der Waals surface area contributed by atoms with Crippen LogP contribution in [0.1, 0.15) is 33.5 Å². The summed E-state index contributed by atoms with van der Waals surface area (Å²) in [6, 6.07) is 16.4. The first-order valence-corrected chi connectivity index (χ1v) is 13.4. The number of likely N-dealkylation sites (tertiary alicyclic amines) is 1. The molecule has 216 valence electrons. The van der Waals surface area contributed by atoms with Crippen molar-refractivity contribution in [2.24, 2.45) is 0 Å². The van der Waals surface area contributed by atoms with Crippen molar-refractivity contribution in [1.82, 2.24) is 9.80 Å². The number of amides is 2. The highest BCUT2D eigenvalue weighted by Crippen LogP contribution is 2.32. The van der Waals surface area contributed by atoms with Crippen LogP contribution in [0, 0.1) is 13.8 Å². The lowest BCUT2D eigenvalue weighted by molar-refractivity contribution is -0.153. The average Bonchev–Trinajstić information content (AvgIpc) is 2.96. The van der Waals surface area contributed by atoms with Crippen LogP contribution in [0.2, 0.25) is 0 Å². The van der Waals surface area contributed by atoms with Gasteiger partial charge in [-0.1, -0.05) is 12.1 Å². The molecule has 2 atom stereocenters. The van der Waals surface area contributed by atoms with Crippen LogP contribution in [0.25, 0.3) is 0 Å². The second-order valence-electron chi connectivity index (χ2n) is 10.3. The maximum atomic E-state index is 13.3. The molecule has 0 bridgehead atoms. The highest BCUT2D eigenvalue weighted by Gasteiger charge is 2.40. The van der Waals surface area contributed by atoms with Gasteiger partial charge in [-0.3, -0.25) is 9.59 Å². The third-order valence-corrected chi connectivity index (χ3v) is 7.41. The molecule has 2 aliphatic heterocycles. The van der Waals surface area contributed by atoms with E-state index in [0.717, 1.165) is 23.3 Å². The number of hydrogen-bond acceptors (Lipinski definition) is 5. The quantitative estimate of drug-likeness (QED) is 0.385. The zero-order valence-corrected chi connectivity index (χ0v) is 22.8. The van der Waals surface area contributed by atoms with Crippen molar-refractivity contribution >= 4 is 11.8 Å². The van der Waals surface area contributed by atoms with Crippen LogP contribution in [0.15, 0.2) is 66.7 Å². The molecule has 0 radical (unpaired) electrons. The lowest BCUT2D eigenvalue weighted by atomic mass is 9.97. The Morgan fingerprint density at radius 3 is 2.32 bits per heavy atom. The van der Waals surface area contributed by atoms with Gasteiger partial charge in [-0.2, -0.15) is 13.2 Å². The van der Waals surface area contributed by atoms with Crippen molar-refractivity contribution in [3.05, 3.63) is 89.0 Å². The number of alkyl halides is 3. The normalized spacial score (nSPS) is 19.0. The van der Waals surface area contributed by atoms with E-state index in [1.54, 1.807) is 34.1 Å². The van der Waals surface area contributed by atoms with Crippen molar-refractivity contribution in [1.29, 1.82) is 0 Å². The predicted molar refractivity (Wildman–Crippen MR) is 145 cm³/mol. The third kappa shape index (κ3) is 6.65. The van der Waals surface area contributed by atoms with Gasteiger partial charge in [0.25, 0.3) is 11.8 Å². The number of nitrogens with zero attached hydrogens (tertiary/aromatic N) is 2. The maximum Gasteiger partial charge on any atom is 0.416 e. The smallest absolute Gasteiger partial charge is 0.416 e. The van der Waals surface area contributed by atoms with Crippen LogP contribution in [0.4, 0.5) is 13.2 Å². The second-order valence-corrected chi connectivity index (χ2v) is 10.3. The highest BCUT2D eigenvalue weighted by atomic mass is 19.4. The molecule has 0 unspecified atom stereocenters. The number of halogens is 3. The monoisotopic (exact) mass is 568 g/mol. The van der Waals surface area contributed by atoms with Gasteiger partial charge in [0.2, 0.25) is 0 Å². The number of piperidine rings is 1. The summed E-state index contributed by atoms with van der Waals surface area (Å²) >= 11 is 0. The van der Waals surface area contributed by atoms with E-state index < -0.39 is 11.7 Å². The highest BCUT2D eigenvalue weighted by molar-refractivity contribution is 5.94. The first kappa shape index (κ1) is 28.5. The Morgan fingerprint density at radius 1 is 0.951 bits per heavy atom. The number of carbonyl (C=O) groups is 2. The molecule has 0 aliphatic carbocycles. The van der Waals surface area contributed by atoms with Gasteiger partial charge in [0, 0.05) is 25.2 Å². The SMILES string of the molecule is Cc1ccc(C)c(OCC(=O)N2CCO[C@H]3CCN(C(=O)c4ccc(Oc5ccc(C(F)(F)F)cc5)cc4)C[C@@H]32)c1. The number of morpholine rings is 1. The average molecular weight is 569 g/mol. The molecule has 2 amide bonds. The van der Waals surface area contributed by atoms with Gasteiger partial charge in [-0.05, 0) is 86.0 Å². The summed E-state index contributed by atoms with van der Waals surface area (Å²) in [5.74, 6) is 0.982. The molecular weight excluding hydrogens is 537 g/mol. The Kier molecular flexibility index (Phi) is 8.21. The summed E-state index contributed by atoms with van der Waals surface area (Å²) in [6.45, 7) is 5.49. The zero-order valence-electron chi connectivity index (χ0n) is 22.8. The number of hydrogen-bond donors (Lipinski definition) is 0. The third-order valence-electron chi connectivity index (χ3n) is 7.41. The first-order valence-electron chi connectivity index (χ1n) is 13.4. The molecule has 2 fully saturated rings. The summed E-state index contributed by atoms with van der Waals surface area (Å²) in [5, 5.41) is 0. The van der Waals surface area contributed by atoms with Gasteiger partial charge in [0.05, 0.1) is 24.3 Å². The lowest BCUT2D eigenvalue weighted by Gasteiger charge is -2.47. The van der Waals surface area contributed by atoms with Crippen molar-refractivity contribution in [2.45, 2.75) is 38.6 Å². The standard InChI is InChI=1S/C31H31F3N2O5/c1-20-3-4-21(2)28(17-20)40-19-29(37)36-15-16-39-27-13-14-35(18-26(27)36)30(38)22-5-9-24(10-6-22)41-25-11-7-23(8-12-25)31(32,33)34/h3-12,17,26-27H,13-16,18-19H2,1-2H3/t26-,27-/m0/s1. The van der Waals surface area contributed by atoms with Gasteiger partial charge >= 0.3 is 6.18 Å². The number of rotatable bonds is 6. The Bertz CT molecular complexity index is 1390. The van der Waals surface area contributed by atoms with E-state index in [0.29, 0.717) is 49.7 Å². The van der Waals surface area contributed by atoms with E-state index in [1.807, 2.05) is 32.0 Å². The molecule has 5 rings (SSSR count). The minimum Gasteiger partial charge on any atom is -0.483 e. The summed E-state index contributed by atoms with van der Waals surface area (Å²) in [7, 11) is 0. The fourth-order valence-corrected chi connectivity index (χ4v) is 5.15. The molecule has 2 aliphatic rings. The molecule has 0 saturated carbocycles. The number of fused-ring (bicyclic) bond motifs is 1. The van der Waals surface area contributed by atoms with E-state index in [9.17, 15) is 22.8 Å². The van der Waals surface area contributed by atoms with Crippen LogP contribution in [-0.4, -0.2) is 66.6 Å².